The minimum absolute atomic E-state index is 0.359. The van der Waals surface area contributed by atoms with Gasteiger partial charge in [0.2, 0.25) is 0 Å². The molecule has 2 N–H and O–H groups in total. The largest absolute Gasteiger partial charge is 0.385 e. The molecule has 0 unspecified atom stereocenters. The predicted octanol–water partition coefficient (Wildman–Crippen LogP) is 3.05. The van der Waals surface area contributed by atoms with Crippen molar-refractivity contribution < 1.29 is 4.74 Å². The van der Waals surface area contributed by atoms with Crippen LogP contribution in [0.4, 0.5) is 0 Å². The van der Waals surface area contributed by atoms with Crippen LogP contribution >= 0.6 is 0 Å². The van der Waals surface area contributed by atoms with Gasteiger partial charge >= 0.3 is 0 Å². The lowest BCUT2D eigenvalue weighted by Gasteiger charge is -2.42. The van der Waals surface area contributed by atoms with Crippen LogP contribution in [-0.4, -0.2) is 43.0 Å². The van der Waals surface area contributed by atoms with E-state index in [0.29, 0.717) is 12.0 Å². The van der Waals surface area contributed by atoms with Crippen LogP contribution in [0.1, 0.15) is 36.9 Å². The molecule has 1 fully saturated rings. The number of aliphatic imine (C=N–C) groups is 1. The zero-order valence-corrected chi connectivity index (χ0v) is 16.7. The zero-order valence-electron chi connectivity index (χ0n) is 16.7. The van der Waals surface area contributed by atoms with Crippen molar-refractivity contribution in [3.8, 4) is 5.69 Å². The Kier molecular flexibility index (Phi) is 6.50. The van der Waals surface area contributed by atoms with Crippen molar-refractivity contribution in [2.75, 3.05) is 27.3 Å². The Bertz CT molecular complexity index is 763. The SMILES string of the molecule is CN=C(NCc1ccccc1-n1ccc(C)n1)NCC1(CCOC)CCC1. The van der Waals surface area contributed by atoms with Gasteiger partial charge in [-0.05, 0) is 49.3 Å². The normalized spacial score (nSPS) is 16.0. The fourth-order valence-electron chi connectivity index (χ4n) is 3.61. The van der Waals surface area contributed by atoms with E-state index in [1.807, 2.05) is 37.0 Å². The molecule has 3 rings (SSSR count). The molecule has 146 valence electrons. The Morgan fingerprint density at radius 1 is 1.26 bits per heavy atom. The molecule has 0 radical (unpaired) electrons. The highest BCUT2D eigenvalue weighted by atomic mass is 16.5. The summed E-state index contributed by atoms with van der Waals surface area (Å²) in [7, 11) is 3.60. The van der Waals surface area contributed by atoms with Crippen molar-refractivity contribution in [1.29, 1.82) is 0 Å². The summed E-state index contributed by atoms with van der Waals surface area (Å²) in [6, 6.07) is 10.3. The summed E-state index contributed by atoms with van der Waals surface area (Å²) in [5.74, 6) is 0.838. The quantitative estimate of drug-likeness (QED) is 0.554. The first-order valence-corrected chi connectivity index (χ1v) is 9.70. The lowest BCUT2D eigenvalue weighted by molar-refractivity contribution is 0.0732. The summed E-state index contributed by atoms with van der Waals surface area (Å²) >= 11 is 0. The van der Waals surface area contributed by atoms with Gasteiger partial charge in [-0.3, -0.25) is 4.99 Å². The Hall–Kier alpha value is -2.34. The number of aromatic nitrogens is 2. The van der Waals surface area contributed by atoms with Gasteiger partial charge in [0.05, 0.1) is 11.4 Å². The summed E-state index contributed by atoms with van der Waals surface area (Å²) in [6.45, 7) is 4.46. The second-order valence-electron chi connectivity index (χ2n) is 7.41. The van der Waals surface area contributed by atoms with E-state index >= 15 is 0 Å². The number of benzene rings is 1. The first-order valence-electron chi connectivity index (χ1n) is 9.70. The van der Waals surface area contributed by atoms with Crippen LogP contribution in [0.5, 0.6) is 0 Å². The fraction of sp³-hybridized carbons (Fsp3) is 0.524. The molecule has 0 amide bonds. The van der Waals surface area contributed by atoms with E-state index < -0.39 is 0 Å². The van der Waals surface area contributed by atoms with E-state index in [0.717, 1.165) is 36.9 Å². The number of hydrogen-bond acceptors (Lipinski definition) is 3. The number of guanidine groups is 1. The molecule has 2 aromatic rings. The molecule has 1 aromatic carbocycles. The van der Waals surface area contributed by atoms with E-state index in [1.165, 1.54) is 24.8 Å². The number of nitrogens with zero attached hydrogens (tertiary/aromatic N) is 3. The summed E-state index contributed by atoms with van der Waals surface area (Å²) < 4.78 is 7.21. The maximum Gasteiger partial charge on any atom is 0.191 e. The van der Waals surface area contributed by atoms with Gasteiger partial charge < -0.3 is 15.4 Å². The van der Waals surface area contributed by atoms with Gasteiger partial charge in [-0.1, -0.05) is 24.6 Å². The Morgan fingerprint density at radius 3 is 2.70 bits per heavy atom. The van der Waals surface area contributed by atoms with Gasteiger partial charge in [-0.25, -0.2) is 4.68 Å². The number of nitrogens with one attached hydrogen (secondary N) is 2. The van der Waals surface area contributed by atoms with Gasteiger partial charge in [0.1, 0.15) is 0 Å². The molecule has 1 aromatic heterocycles. The van der Waals surface area contributed by atoms with Crippen LogP contribution in [0, 0.1) is 12.3 Å². The molecule has 0 bridgehead atoms. The van der Waals surface area contributed by atoms with Gasteiger partial charge in [0.25, 0.3) is 0 Å². The first kappa shape index (κ1) is 19.4. The van der Waals surface area contributed by atoms with Crippen LogP contribution in [0.25, 0.3) is 5.69 Å². The summed E-state index contributed by atoms with van der Waals surface area (Å²) in [4.78, 5) is 4.39. The Labute approximate surface area is 162 Å². The highest BCUT2D eigenvalue weighted by Gasteiger charge is 2.36. The highest BCUT2D eigenvalue weighted by molar-refractivity contribution is 5.79. The van der Waals surface area contributed by atoms with E-state index in [4.69, 9.17) is 4.74 Å². The third-order valence-electron chi connectivity index (χ3n) is 5.51. The van der Waals surface area contributed by atoms with Gasteiger partial charge in [0, 0.05) is 40.1 Å². The molecular weight excluding hydrogens is 338 g/mol. The van der Waals surface area contributed by atoms with Crippen molar-refractivity contribution in [3.63, 3.8) is 0 Å². The molecule has 0 saturated heterocycles. The molecule has 1 aliphatic rings. The molecule has 27 heavy (non-hydrogen) atoms. The summed E-state index contributed by atoms with van der Waals surface area (Å²) in [5, 5.41) is 11.5. The van der Waals surface area contributed by atoms with Crippen LogP contribution in [0.3, 0.4) is 0 Å². The molecule has 1 saturated carbocycles. The number of hydrogen-bond donors (Lipinski definition) is 2. The maximum atomic E-state index is 5.29. The summed E-state index contributed by atoms with van der Waals surface area (Å²) in [5.41, 5.74) is 3.64. The maximum absolute atomic E-state index is 5.29. The van der Waals surface area contributed by atoms with Crippen molar-refractivity contribution in [2.45, 2.75) is 39.2 Å². The van der Waals surface area contributed by atoms with Gasteiger partial charge in [0.15, 0.2) is 5.96 Å². The van der Waals surface area contributed by atoms with E-state index in [-0.39, 0.29) is 0 Å². The lowest BCUT2D eigenvalue weighted by Crippen LogP contribution is -2.46. The summed E-state index contributed by atoms with van der Waals surface area (Å²) in [6.07, 6.45) is 6.95. The van der Waals surface area contributed by atoms with Crippen molar-refractivity contribution in [2.24, 2.45) is 10.4 Å². The van der Waals surface area contributed by atoms with Crippen LogP contribution in [0.2, 0.25) is 0 Å². The highest BCUT2D eigenvalue weighted by Crippen LogP contribution is 2.43. The standard InChI is InChI=1S/C21H31N5O/c1-17-9-13-26(25-17)19-8-5-4-7-18(19)15-23-20(22-2)24-16-21(10-6-11-21)12-14-27-3/h4-5,7-9,13H,6,10-12,14-16H2,1-3H3,(H2,22,23,24). The fourth-order valence-corrected chi connectivity index (χ4v) is 3.61. The average Bonchev–Trinajstić information content (AvgIpc) is 3.09. The van der Waals surface area contributed by atoms with Crippen molar-refractivity contribution in [3.05, 3.63) is 47.8 Å². The second-order valence-corrected chi connectivity index (χ2v) is 7.41. The molecular formula is C21H31N5O. The third kappa shape index (κ3) is 4.89. The molecule has 6 nitrogen and oxygen atoms in total. The topological polar surface area (TPSA) is 63.5 Å². The van der Waals surface area contributed by atoms with Crippen molar-refractivity contribution in [1.82, 2.24) is 20.4 Å². The molecule has 0 spiro atoms. The van der Waals surface area contributed by atoms with Gasteiger partial charge in [-0.2, -0.15) is 5.10 Å². The van der Waals surface area contributed by atoms with Gasteiger partial charge in [-0.15, -0.1) is 0 Å². The van der Waals surface area contributed by atoms with E-state index in [9.17, 15) is 0 Å². The van der Waals surface area contributed by atoms with Crippen molar-refractivity contribution >= 4 is 5.96 Å². The molecule has 1 aliphatic carbocycles. The lowest BCUT2D eigenvalue weighted by atomic mass is 9.67. The number of ether oxygens (including phenoxy) is 1. The molecule has 0 atom stereocenters. The molecule has 6 heteroatoms. The number of para-hydroxylation sites is 1. The predicted molar refractivity (Wildman–Crippen MR) is 109 cm³/mol. The zero-order chi connectivity index (χ0) is 19.1. The monoisotopic (exact) mass is 369 g/mol. The van der Waals surface area contributed by atoms with E-state index in [2.05, 4.69) is 38.9 Å². The van der Waals surface area contributed by atoms with Crippen LogP contribution < -0.4 is 10.6 Å². The number of rotatable bonds is 8. The average molecular weight is 370 g/mol. The number of methoxy groups -OCH3 is 1. The van der Waals surface area contributed by atoms with Crippen LogP contribution in [0.15, 0.2) is 41.5 Å². The Balaban J connectivity index is 1.59. The smallest absolute Gasteiger partial charge is 0.191 e. The first-order chi connectivity index (χ1) is 13.2. The Morgan fingerprint density at radius 2 is 2.07 bits per heavy atom. The second kappa shape index (κ2) is 9.04. The molecule has 1 heterocycles. The molecule has 0 aliphatic heterocycles. The van der Waals surface area contributed by atoms with Crippen LogP contribution in [-0.2, 0) is 11.3 Å². The van der Waals surface area contributed by atoms with E-state index in [1.54, 1.807) is 7.11 Å². The minimum atomic E-state index is 0.359. The third-order valence-corrected chi connectivity index (χ3v) is 5.51. The minimum Gasteiger partial charge on any atom is -0.385 e. The number of aryl methyl sites for hydroxylation is 1.